The zero-order valence-electron chi connectivity index (χ0n) is 50.8. The first-order valence-corrected chi connectivity index (χ1v) is 32.7. The van der Waals surface area contributed by atoms with Gasteiger partial charge in [0.25, 0.3) is 0 Å². The number of carbonyl (C=O) groups excluding carboxylic acids is 6. The molecule has 0 heterocycles. The van der Waals surface area contributed by atoms with Crippen LogP contribution in [0.15, 0.2) is 36.1 Å². The predicted octanol–water partition coefficient (Wildman–Crippen LogP) is 17.4. The molecule has 2 atom stereocenters. The quantitative estimate of drug-likeness (QED) is 0.162. The van der Waals surface area contributed by atoms with E-state index in [1.807, 2.05) is 6.92 Å². The van der Waals surface area contributed by atoms with Crippen LogP contribution in [-0.2, 0) is 38.2 Å². The maximum Gasteiger partial charge on any atom is 0.333 e. The number of hydrogen-bond donors (Lipinski definition) is 1. The zero-order valence-corrected chi connectivity index (χ0v) is 50.8. The standard InChI is InChI=1S/C15H24O2.C14H22O2.C11H20O.C10H14O2.C10H16O.C10H14O/c1-12(2)13(16)17-14(3)7-6-10-15(11-14)8-4-5-9-15;1-11(2)10-16-13-7-12(15)8-14(9-13)5-3-4-6-14;1-10(12)5-4-8-11(9-10)6-2-3-7-11;11-8-5-9(12)7-10(6-8)3-1-2-4-10;2*11-9-4-3-7-10(8-9)5-1-2-6-10/h1,4-11H2,2-3H3;7,11H,3-6,8-10H2,1-2H3;12H,2-9H2,1H3;1-7H2;1-8H2;3-4H,1-2,5-8H2. The van der Waals surface area contributed by atoms with E-state index in [0.29, 0.717) is 57.6 Å². The molecule has 0 amide bonds. The molecule has 6 spiro atoms. The molecule has 0 radical (unpaired) electrons. The number of allylic oxidation sites excluding steroid dienone is 4. The van der Waals surface area contributed by atoms with E-state index in [4.69, 9.17) is 9.47 Å². The molecule has 0 bridgehead atoms. The highest BCUT2D eigenvalue weighted by atomic mass is 16.6. The summed E-state index contributed by atoms with van der Waals surface area (Å²) in [5, 5.41) is 10.0. The minimum Gasteiger partial charge on any atom is -0.498 e. The van der Waals surface area contributed by atoms with Crippen molar-refractivity contribution in [1.29, 1.82) is 0 Å². The van der Waals surface area contributed by atoms with Crippen molar-refractivity contribution in [1.82, 2.24) is 0 Å². The van der Waals surface area contributed by atoms with Gasteiger partial charge in [-0.3, -0.25) is 24.0 Å². The summed E-state index contributed by atoms with van der Waals surface area (Å²) in [6.45, 7) is 14.5. The molecule has 444 valence electrons. The number of rotatable bonds is 5. The monoisotopic (exact) mass is 1090 g/mol. The van der Waals surface area contributed by atoms with Crippen molar-refractivity contribution in [3.05, 3.63) is 36.1 Å². The SMILES string of the molecule is C=C(C)C(=O)OC1(C)CCCC2(CCCC2)C1.CC(C)COC1=CC(=O)CC2(CCCC2)C1.CC1(O)CCCC2(CCCC2)C1.O=C1C=CCC2(CCCC2)C1.O=C1CC(=O)CC2(CCCC2)C1.O=C1CCCC2(CCCC2)C1. The summed E-state index contributed by atoms with van der Waals surface area (Å²) in [7, 11) is 0. The molecule has 2 unspecified atom stereocenters. The zero-order chi connectivity index (χ0) is 56.8. The fourth-order valence-electron chi connectivity index (χ4n) is 18.0. The Labute approximate surface area is 479 Å². The lowest BCUT2D eigenvalue weighted by Crippen LogP contribution is -2.41. The van der Waals surface area contributed by atoms with Gasteiger partial charge in [0.05, 0.1) is 18.6 Å². The third kappa shape index (κ3) is 18.9. The van der Waals surface area contributed by atoms with Gasteiger partial charge in [0.1, 0.15) is 28.7 Å². The maximum atomic E-state index is 11.7. The summed E-state index contributed by atoms with van der Waals surface area (Å²) in [5.41, 5.74) is 2.23. The normalized spacial score (nSPS) is 30.1. The lowest BCUT2D eigenvalue weighted by atomic mass is 9.67. The second-order valence-corrected chi connectivity index (χ2v) is 30.0. The van der Waals surface area contributed by atoms with E-state index in [0.717, 1.165) is 89.4 Å². The number of aliphatic hydroxyl groups is 1. The first-order valence-electron chi connectivity index (χ1n) is 32.7. The number of hydrogen-bond acceptors (Lipinski definition) is 9. The summed E-state index contributed by atoms with van der Waals surface area (Å²) in [6.07, 6.45) is 55.5. The molecule has 10 fully saturated rings. The Balaban J connectivity index is 0.000000138. The van der Waals surface area contributed by atoms with Crippen LogP contribution in [0.25, 0.3) is 0 Å². The Bertz CT molecular complexity index is 2130. The van der Waals surface area contributed by atoms with Gasteiger partial charge in [-0.1, -0.05) is 110 Å². The minimum absolute atomic E-state index is 0.117. The summed E-state index contributed by atoms with van der Waals surface area (Å²) in [4.78, 5) is 68.2. The van der Waals surface area contributed by atoms with Crippen LogP contribution in [0.5, 0.6) is 0 Å². The Morgan fingerprint density at radius 2 is 0.949 bits per heavy atom. The maximum absolute atomic E-state index is 11.7. The number of esters is 1. The fraction of sp³-hybridized carbons (Fsp3) is 0.829. The molecule has 0 saturated heterocycles. The van der Waals surface area contributed by atoms with E-state index in [1.165, 1.54) is 180 Å². The van der Waals surface area contributed by atoms with Crippen LogP contribution < -0.4 is 0 Å². The third-order valence-corrected chi connectivity index (χ3v) is 21.7. The molecule has 0 aromatic heterocycles. The average molecular weight is 1100 g/mol. The Kier molecular flexibility index (Phi) is 22.4. The van der Waals surface area contributed by atoms with Crippen LogP contribution in [0.1, 0.15) is 311 Å². The Morgan fingerprint density at radius 3 is 1.44 bits per heavy atom. The molecule has 10 saturated carbocycles. The van der Waals surface area contributed by atoms with E-state index in [1.54, 1.807) is 19.1 Å². The van der Waals surface area contributed by atoms with Crippen molar-refractivity contribution >= 4 is 34.9 Å². The van der Waals surface area contributed by atoms with Gasteiger partial charge in [-0.2, -0.15) is 0 Å². The van der Waals surface area contributed by atoms with Gasteiger partial charge < -0.3 is 14.6 Å². The van der Waals surface area contributed by atoms with Gasteiger partial charge in [0.2, 0.25) is 0 Å². The van der Waals surface area contributed by atoms with Crippen molar-refractivity contribution < 1.29 is 43.3 Å². The van der Waals surface area contributed by atoms with Gasteiger partial charge in [0, 0.05) is 56.6 Å². The van der Waals surface area contributed by atoms with E-state index in [2.05, 4.69) is 33.4 Å². The van der Waals surface area contributed by atoms with Gasteiger partial charge in [-0.25, -0.2) is 4.79 Å². The van der Waals surface area contributed by atoms with Crippen LogP contribution in [0.3, 0.4) is 0 Å². The van der Waals surface area contributed by atoms with Crippen LogP contribution >= 0.6 is 0 Å². The van der Waals surface area contributed by atoms with Crippen molar-refractivity contribution in [2.75, 3.05) is 6.61 Å². The van der Waals surface area contributed by atoms with E-state index in [-0.39, 0.29) is 51.8 Å². The molecule has 0 aliphatic heterocycles. The number of ketones is 5. The van der Waals surface area contributed by atoms with Crippen LogP contribution in [0.4, 0.5) is 0 Å². The number of ether oxygens (including phenoxy) is 2. The lowest BCUT2D eigenvalue weighted by Gasteiger charge is -2.44. The molecule has 1 N–H and O–H groups in total. The predicted molar refractivity (Wildman–Crippen MR) is 316 cm³/mol. The molecule has 12 rings (SSSR count). The van der Waals surface area contributed by atoms with Gasteiger partial charge in [-0.05, 0) is 207 Å². The molecule has 0 aromatic rings. The summed E-state index contributed by atoms with van der Waals surface area (Å²) in [6, 6.07) is 0. The van der Waals surface area contributed by atoms with Crippen LogP contribution in [-0.4, -0.2) is 57.8 Å². The van der Waals surface area contributed by atoms with E-state index < -0.39 is 0 Å². The summed E-state index contributed by atoms with van der Waals surface area (Å²) < 4.78 is 11.4. The highest BCUT2D eigenvalue weighted by Crippen LogP contribution is 2.55. The fourth-order valence-corrected chi connectivity index (χ4v) is 18.0. The first kappa shape index (κ1) is 63.4. The molecular formula is C70H110O9. The van der Waals surface area contributed by atoms with Crippen molar-refractivity contribution in [3.8, 4) is 0 Å². The molecule has 0 aromatic carbocycles. The average Bonchev–Trinajstić information content (AvgIpc) is 4.32. The van der Waals surface area contributed by atoms with Crippen molar-refractivity contribution in [3.63, 3.8) is 0 Å². The van der Waals surface area contributed by atoms with Crippen LogP contribution in [0, 0.1) is 38.4 Å². The first-order chi connectivity index (χ1) is 37.5. The highest BCUT2D eigenvalue weighted by molar-refractivity contribution is 6.02. The molecule has 12 aliphatic rings. The highest BCUT2D eigenvalue weighted by Gasteiger charge is 2.47. The lowest BCUT2D eigenvalue weighted by molar-refractivity contribution is -0.161. The van der Waals surface area contributed by atoms with E-state index >= 15 is 0 Å². The second kappa shape index (κ2) is 27.9. The number of carbonyl (C=O) groups is 6. The minimum atomic E-state index is -0.345. The summed E-state index contributed by atoms with van der Waals surface area (Å²) in [5.74, 6) is 2.73. The van der Waals surface area contributed by atoms with Gasteiger partial charge in [0.15, 0.2) is 11.6 Å². The van der Waals surface area contributed by atoms with Crippen LogP contribution in [0.2, 0.25) is 0 Å². The van der Waals surface area contributed by atoms with E-state index in [9.17, 15) is 33.9 Å². The van der Waals surface area contributed by atoms with Gasteiger partial charge >= 0.3 is 5.97 Å². The van der Waals surface area contributed by atoms with Crippen molar-refractivity contribution in [2.45, 2.75) is 322 Å². The molecule has 9 nitrogen and oxygen atoms in total. The largest absolute Gasteiger partial charge is 0.498 e. The van der Waals surface area contributed by atoms with Crippen molar-refractivity contribution in [2.24, 2.45) is 38.4 Å². The Morgan fingerprint density at radius 1 is 0.519 bits per heavy atom. The molecule has 9 heteroatoms. The third-order valence-electron chi connectivity index (χ3n) is 21.7. The summed E-state index contributed by atoms with van der Waals surface area (Å²) >= 11 is 0. The topological polar surface area (TPSA) is 141 Å². The molecule has 12 aliphatic carbocycles. The molecule has 79 heavy (non-hydrogen) atoms. The molecular weight excluding hydrogens is 985 g/mol. The second-order valence-electron chi connectivity index (χ2n) is 30.0. The number of Topliss-reactive ketones (excluding diaryl/α,β-unsaturated/α-hetero) is 3. The van der Waals surface area contributed by atoms with Gasteiger partial charge in [-0.15, -0.1) is 0 Å². The smallest absolute Gasteiger partial charge is 0.333 e. The Hall–Kier alpha value is -3.20.